The molecular weight excluding hydrogens is 320 g/mol. The van der Waals surface area contributed by atoms with Crippen molar-refractivity contribution in [1.29, 1.82) is 0 Å². The monoisotopic (exact) mass is 344 g/mol. The average molecular weight is 344 g/mol. The average Bonchev–Trinajstić information content (AvgIpc) is 3.00. The molecule has 1 amide bonds. The SMILES string of the molecule is C[C@@H]1CN(C(=O)COC(=O)CCc2c[nH]c3ccccc23)C[C@H](C)O1. The molecule has 25 heavy (non-hydrogen) atoms. The number of nitrogens with one attached hydrogen (secondary N) is 1. The Kier molecular flexibility index (Phi) is 5.38. The fourth-order valence-corrected chi connectivity index (χ4v) is 3.26. The zero-order valence-corrected chi connectivity index (χ0v) is 14.7. The molecule has 1 aliphatic rings. The van der Waals surface area contributed by atoms with Gasteiger partial charge in [0.05, 0.1) is 12.2 Å². The second-order valence-corrected chi connectivity index (χ2v) is 6.58. The predicted octanol–water partition coefficient (Wildman–Crippen LogP) is 2.28. The highest BCUT2D eigenvalue weighted by atomic mass is 16.5. The molecule has 2 aromatic rings. The molecule has 0 bridgehead atoms. The first-order valence-corrected chi connectivity index (χ1v) is 8.67. The normalized spacial score (nSPS) is 20.6. The number of hydrogen-bond donors (Lipinski definition) is 1. The number of fused-ring (bicyclic) bond motifs is 1. The Balaban J connectivity index is 1.46. The Morgan fingerprint density at radius 3 is 2.72 bits per heavy atom. The number of amides is 1. The molecule has 0 unspecified atom stereocenters. The maximum atomic E-state index is 12.2. The summed E-state index contributed by atoms with van der Waals surface area (Å²) in [5.41, 5.74) is 2.13. The Hall–Kier alpha value is -2.34. The van der Waals surface area contributed by atoms with Crippen LogP contribution < -0.4 is 0 Å². The standard InChI is InChI=1S/C19H24N2O4/c1-13-10-21(11-14(2)25-13)18(22)12-24-19(23)8-7-15-9-20-17-6-4-3-5-16(15)17/h3-6,9,13-14,20H,7-8,10-12H2,1-2H3/t13-,14+. The van der Waals surface area contributed by atoms with E-state index in [1.54, 1.807) is 4.90 Å². The van der Waals surface area contributed by atoms with Gasteiger partial charge >= 0.3 is 5.97 Å². The van der Waals surface area contributed by atoms with Gasteiger partial charge in [0.15, 0.2) is 6.61 Å². The van der Waals surface area contributed by atoms with Gasteiger partial charge in [-0.2, -0.15) is 0 Å². The largest absolute Gasteiger partial charge is 0.456 e. The number of morpholine rings is 1. The Labute approximate surface area is 147 Å². The number of aromatic nitrogens is 1. The number of carbonyl (C=O) groups is 2. The molecule has 1 saturated heterocycles. The second-order valence-electron chi connectivity index (χ2n) is 6.58. The Bertz CT molecular complexity index is 745. The van der Waals surface area contributed by atoms with Crippen LogP contribution in [0.3, 0.4) is 0 Å². The van der Waals surface area contributed by atoms with Crippen LogP contribution in [0.25, 0.3) is 10.9 Å². The minimum Gasteiger partial charge on any atom is -0.456 e. The molecular formula is C19H24N2O4. The lowest BCUT2D eigenvalue weighted by molar-refractivity contribution is -0.157. The molecule has 0 radical (unpaired) electrons. The van der Waals surface area contributed by atoms with Gasteiger partial charge in [0.2, 0.25) is 0 Å². The fourth-order valence-electron chi connectivity index (χ4n) is 3.26. The summed E-state index contributed by atoms with van der Waals surface area (Å²) >= 11 is 0. The van der Waals surface area contributed by atoms with Gasteiger partial charge in [-0.1, -0.05) is 18.2 Å². The summed E-state index contributed by atoms with van der Waals surface area (Å²) in [4.78, 5) is 29.0. The van der Waals surface area contributed by atoms with Crippen LogP contribution in [0.1, 0.15) is 25.8 Å². The molecule has 0 saturated carbocycles. The van der Waals surface area contributed by atoms with Crippen molar-refractivity contribution in [1.82, 2.24) is 9.88 Å². The fraction of sp³-hybridized carbons (Fsp3) is 0.474. The number of hydrogen-bond acceptors (Lipinski definition) is 4. The zero-order chi connectivity index (χ0) is 17.8. The molecule has 2 atom stereocenters. The summed E-state index contributed by atoms with van der Waals surface area (Å²) in [6, 6.07) is 7.97. The number of rotatable bonds is 5. The first-order chi connectivity index (χ1) is 12.0. The molecule has 134 valence electrons. The zero-order valence-electron chi connectivity index (χ0n) is 14.7. The van der Waals surface area contributed by atoms with E-state index < -0.39 is 0 Å². The van der Waals surface area contributed by atoms with Gasteiger partial charge in [0, 0.05) is 36.6 Å². The highest BCUT2D eigenvalue weighted by Gasteiger charge is 2.26. The van der Waals surface area contributed by atoms with E-state index in [0.717, 1.165) is 16.5 Å². The van der Waals surface area contributed by atoms with Gasteiger partial charge in [0.25, 0.3) is 5.91 Å². The van der Waals surface area contributed by atoms with Gasteiger partial charge in [0.1, 0.15) is 0 Å². The summed E-state index contributed by atoms with van der Waals surface area (Å²) in [5.74, 6) is -0.518. The van der Waals surface area contributed by atoms with E-state index >= 15 is 0 Å². The maximum absolute atomic E-state index is 12.2. The summed E-state index contributed by atoms with van der Waals surface area (Å²) in [7, 11) is 0. The number of H-pyrrole nitrogens is 1. The van der Waals surface area contributed by atoms with Crippen molar-refractivity contribution >= 4 is 22.8 Å². The smallest absolute Gasteiger partial charge is 0.306 e. The van der Waals surface area contributed by atoms with Crippen molar-refractivity contribution in [3.05, 3.63) is 36.0 Å². The van der Waals surface area contributed by atoms with E-state index in [2.05, 4.69) is 4.98 Å². The number of para-hydroxylation sites is 1. The topological polar surface area (TPSA) is 71.6 Å². The molecule has 0 spiro atoms. The lowest BCUT2D eigenvalue weighted by Crippen LogP contribution is -2.49. The predicted molar refractivity (Wildman–Crippen MR) is 94.2 cm³/mol. The first kappa shape index (κ1) is 17.5. The summed E-state index contributed by atoms with van der Waals surface area (Å²) in [5, 5.41) is 1.11. The van der Waals surface area contributed by atoms with Crippen molar-refractivity contribution in [3.8, 4) is 0 Å². The van der Waals surface area contributed by atoms with Crippen LogP contribution in [-0.4, -0.2) is 53.7 Å². The molecule has 2 heterocycles. The number of carbonyl (C=O) groups excluding carboxylic acids is 2. The van der Waals surface area contributed by atoms with Crippen LogP contribution in [0.2, 0.25) is 0 Å². The van der Waals surface area contributed by atoms with Crippen LogP contribution in [0.5, 0.6) is 0 Å². The number of esters is 1. The van der Waals surface area contributed by atoms with Gasteiger partial charge in [-0.3, -0.25) is 9.59 Å². The lowest BCUT2D eigenvalue weighted by atomic mass is 10.1. The molecule has 6 heteroatoms. The molecule has 1 aromatic heterocycles. The van der Waals surface area contributed by atoms with E-state index in [4.69, 9.17) is 9.47 Å². The molecule has 6 nitrogen and oxygen atoms in total. The van der Waals surface area contributed by atoms with E-state index in [9.17, 15) is 9.59 Å². The van der Waals surface area contributed by atoms with Crippen molar-refractivity contribution in [3.63, 3.8) is 0 Å². The first-order valence-electron chi connectivity index (χ1n) is 8.67. The molecule has 1 aromatic carbocycles. The van der Waals surface area contributed by atoms with Crippen LogP contribution in [0.4, 0.5) is 0 Å². The Morgan fingerprint density at radius 2 is 1.96 bits per heavy atom. The minimum absolute atomic E-state index is 0.00488. The molecule has 3 rings (SSSR count). The van der Waals surface area contributed by atoms with Gasteiger partial charge in [-0.15, -0.1) is 0 Å². The van der Waals surface area contributed by atoms with E-state index in [-0.39, 0.29) is 37.1 Å². The Morgan fingerprint density at radius 1 is 1.24 bits per heavy atom. The van der Waals surface area contributed by atoms with Crippen molar-refractivity contribution in [2.24, 2.45) is 0 Å². The minimum atomic E-state index is -0.354. The quantitative estimate of drug-likeness (QED) is 0.845. The third-order valence-corrected chi connectivity index (χ3v) is 4.40. The van der Waals surface area contributed by atoms with E-state index in [1.807, 2.05) is 44.3 Å². The number of aryl methyl sites for hydroxylation is 1. The number of benzene rings is 1. The van der Waals surface area contributed by atoms with Crippen molar-refractivity contribution < 1.29 is 19.1 Å². The maximum Gasteiger partial charge on any atom is 0.306 e. The lowest BCUT2D eigenvalue weighted by Gasteiger charge is -2.35. The summed E-state index contributed by atoms with van der Waals surface area (Å²) < 4.78 is 10.8. The molecule has 1 fully saturated rings. The summed E-state index contributed by atoms with van der Waals surface area (Å²) in [6.07, 6.45) is 2.77. The van der Waals surface area contributed by atoms with Crippen LogP contribution in [0, 0.1) is 0 Å². The van der Waals surface area contributed by atoms with E-state index in [1.165, 1.54) is 0 Å². The molecule has 0 aliphatic carbocycles. The highest BCUT2D eigenvalue weighted by molar-refractivity contribution is 5.84. The van der Waals surface area contributed by atoms with Gasteiger partial charge < -0.3 is 19.4 Å². The number of ether oxygens (including phenoxy) is 2. The van der Waals surface area contributed by atoms with Crippen molar-refractivity contribution in [2.75, 3.05) is 19.7 Å². The summed E-state index contributed by atoms with van der Waals surface area (Å²) in [6.45, 7) is 4.74. The van der Waals surface area contributed by atoms with Gasteiger partial charge in [-0.05, 0) is 31.9 Å². The van der Waals surface area contributed by atoms with Crippen LogP contribution >= 0.6 is 0 Å². The van der Waals surface area contributed by atoms with Crippen molar-refractivity contribution in [2.45, 2.75) is 38.9 Å². The third kappa shape index (κ3) is 4.39. The number of nitrogens with zero attached hydrogens (tertiary/aromatic N) is 1. The van der Waals surface area contributed by atoms with E-state index in [0.29, 0.717) is 19.5 Å². The number of aromatic amines is 1. The molecule has 1 N–H and O–H groups in total. The van der Waals surface area contributed by atoms with Gasteiger partial charge in [-0.25, -0.2) is 0 Å². The highest BCUT2D eigenvalue weighted by Crippen LogP contribution is 2.19. The van der Waals surface area contributed by atoms with Crippen LogP contribution in [0.15, 0.2) is 30.5 Å². The third-order valence-electron chi connectivity index (χ3n) is 4.40. The second kappa shape index (κ2) is 7.70. The van der Waals surface area contributed by atoms with Crippen LogP contribution in [-0.2, 0) is 25.5 Å². The molecule has 1 aliphatic heterocycles.